The maximum Gasteiger partial charge on any atom is 0.410 e. The molecule has 146 valence electrons. The van der Waals surface area contributed by atoms with Gasteiger partial charge in [0.05, 0.1) is 13.0 Å². The Morgan fingerprint density at radius 3 is 2.23 bits per heavy atom. The van der Waals surface area contributed by atoms with E-state index in [1.165, 1.54) is 16.9 Å². The van der Waals surface area contributed by atoms with Gasteiger partial charge in [-0.15, -0.1) is 0 Å². The van der Waals surface area contributed by atoms with Gasteiger partial charge in [0.25, 0.3) is 0 Å². The lowest BCUT2D eigenvalue weighted by molar-refractivity contribution is -0.161. The Kier molecular flexibility index (Phi) is 5.48. The molecule has 0 bridgehead atoms. The van der Waals surface area contributed by atoms with Crippen molar-refractivity contribution in [2.24, 2.45) is 5.92 Å². The molecule has 0 spiro atoms. The molecule has 9 heteroatoms. The highest BCUT2D eigenvalue weighted by Crippen LogP contribution is 2.35. The fourth-order valence-corrected chi connectivity index (χ4v) is 3.43. The second-order valence-electron chi connectivity index (χ2n) is 7.73. The van der Waals surface area contributed by atoms with Crippen LogP contribution < -0.4 is 0 Å². The summed E-state index contributed by atoms with van der Waals surface area (Å²) in [6, 6.07) is 0. The molecule has 0 aliphatic carbocycles. The van der Waals surface area contributed by atoms with Gasteiger partial charge in [-0.3, -0.25) is 9.59 Å². The van der Waals surface area contributed by atoms with Crippen molar-refractivity contribution in [3.63, 3.8) is 0 Å². The lowest BCUT2D eigenvalue weighted by Crippen LogP contribution is -2.61. The Bertz CT molecular complexity index is 603. The molecule has 26 heavy (non-hydrogen) atoms. The molecule has 1 N–H and O–H groups in total. The summed E-state index contributed by atoms with van der Waals surface area (Å²) in [5.41, 5.74) is -2.06. The van der Waals surface area contributed by atoms with Crippen LogP contribution in [-0.2, 0) is 23.9 Å². The number of carboxylic acids is 1. The van der Waals surface area contributed by atoms with Gasteiger partial charge in [0.2, 0.25) is 5.91 Å². The van der Waals surface area contributed by atoms with Gasteiger partial charge in [-0.25, -0.2) is 9.59 Å². The molecule has 2 heterocycles. The number of ether oxygens (including phenoxy) is 2. The Morgan fingerprint density at radius 1 is 1.19 bits per heavy atom. The summed E-state index contributed by atoms with van der Waals surface area (Å²) >= 11 is 0. The number of hydrogen-bond donors (Lipinski definition) is 1. The van der Waals surface area contributed by atoms with Crippen LogP contribution in [0.5, 0.6) is 0 Å². The van der Waals surface area contributed by atoms with Crippen molar-refractivity contribution in [3.05, 3.63) is 0 Å². The van der Waals surface area contributed by atoms with E-state index in [0.717, 1.165) is 0 Å². The van der Waals surface area contributed by atoms with Crippen LogP contribution in [0.1, 0.15) is 40.0 Å². The number of esters is 1. The number of rotatable bonds is 3. The third kappa shape index (κ3) is 3.91. The molecule has 1 unspecified atom stereocenters. The molecule has 0 saturated carbocycles. The van der Waals surface area contributed by atoms with Crippen LogP contribution in [0.25, 0.3) is 0 Å². The van der Waals surface area contributed by atoms with Gasteiger partial charge in [-0.2, -0.15) is 0 Å². The monoisotopic (exact) mass is 370 g/mol. The summed E-state index contributed by atoms with van der Waals surface area (Å²) in [6.07, 6.45) is -0.392. The first-order valence-electron chi connectivity index (χ1n) is 8.60. The van der Waals surface area contributed by atoms with E-state index >= 15 is 0 Å². The van der Waals surface area contributed by atoms with E-state index in [-0.39, 0.29) is 44.8 Å². The largest absolute Gasteiger partial charge is 0.479 e. The highest BCUT2D eigenvalue weighted by Gasteiger charge is 2.53. The van der Waals surface area contributed by atoms with Crippen LogP contribution in [0.2, 0.25) is 0 Å². The molecule has 2 fully saturated rings. The number of amides is 2. The number of methoxy groups -OCH3 is 1. The fourth-order valence-electron chi connectivity index (χ4n) is 3.43. The molecule has 2 rings (SSSR count). The van der Waals surface area contributed by atoms with Gasteiger partial charge in [-0.05, 0) is 33.6 Å². The highest BCUT2D eigenvalue weighted by molar-refractivity contribution is 5.92. The smallest absolute Gasteiger partial charge is 0.410 e. The normalized spacial score (nSPS) is 22.9. The molecule has 2 amide bonds. The van der Waals surface area contributed by atoms with Gasteiger partial charge in [0.1, 0.15) is 11.1 Å². The van der Waals surface area contributed by atoms with Crippen LogP contribution >= 0.6 is 0 Å². The van der Waals surface area contributed by atoms with Crippen LogP contribution in [0, 0.1) is 5.92 Å². The molecule has 9 nitrogen and oxygen atoms in total. The average molecular weight is 370 g/mol. The quantitative estimate of drug-likeness (QED) is 0.733. The topological polar surface area (TPSA) is 113 Å². The minimum absolute atomic E-state index is 0.0181. The van der Waals surface area contributed by atoms with Gasteiger partial charge in [0, 0.05) is 26.1 Å². The van der Waals surface area contributed by atoms with Crippen molar-refractivity contribution < 1.29 is 33.8 Å². The molecule has 0 aromatic heterocycles. The first kappa shape index (κ1) is 20.0. The van der Waals surface area contributed by atoms with E-state index in [1.807, 2.05) is 0 Å². The number of hydrogen-bond acceptors (Lipinski definition) is 6. The number of carbonyl (C=O) groups is 4. The number of likely N-dealkylation sites (tertiary alicyclic amines) is 2. The maximum absolute atomic E-state index is 12.4. The molecule has 0 aromatic rings. The van der Waals surface area contributed by atoms with E-state index in [1.54, 1.807) is 20.8 Å². The Morgan fingerprint density at radius 2 is 1.77 bits per heavy atom. The lowest BCUT2D eigenvalue weighted by Gasteiger charge is -2.44. The maximum atomic E-state index is 12.4. The van der Waals surface area contributed by atoms with Crippen LogP contribution in [0.3, 0.4) is 0 Å². The van der Waals surface area contributed by atoms with Crippen molar-refractivity contribution in [2.45, 2.75) is 51.2 Å². The Balaban J connectivity index is 2.11. The molecular weight excluding hydrogens is 344 g/mol. The van der Waals surface area contributed by atoms with E-state index in [2.05, 4.69) is 4.74 Å². The molecule has 0 aromatic carbocycles. The van der Waals surface area contributed by atoms with Crippen molar-refractivity contribution in [1.82, 2.24) is 9.80 Å². The first-order valence-corrected chi connectivity index (χ1v) is 8.60. The van der Waals surface area contributed by atoms with Gasteiger partial charge >= 0.3 is 18.0 Å². The summed E-state index contributed by atoms with van der Waals surface area (Å²) < 4.78 is 9.99. The van der Waals surface area contributed by atoms with Gasteiger partial charge in [-0.1, -0.05) is 0 Å². The lowest BCUT2D eigenvalue weighted by atomic mass is 9.85. The zero-order chi connectivity index (χ0) is 19.7. The van der Waals surface area contributed by atoms with Gasteiger partial charge < -0.3 is 24.4 Å². The molecular formula is C17H26N2O7. The summed E-state index contributed by atoms with van der Waals surface area (Å²) in [4.78, 5) is 51.0. The first-order chi connectivity index (χ1) is 12.0. The van der Waals surface area contributed by atoms with Crippen molar-refractivity contribution in [1.29, 1.82) is 0 Å². The molecule has 0 radical (unpaired) electrons. The summed E-state index contributed by atoms with van der Waals surface area (Å²) in [5, 5.41) is 9.82. The van der Waals surface area contributed by atoms with E-state index < -0.39 is 35.1 Å². The Labute approximate surface area is 152 Å². The average Bonchev–Trinajstić information content (AvgIpc) is 2.94. The summed E-state index contributed by atoms with van der Waals surface area (Å²) in [6.45, 7) is 5.61. The molecule has 2 saturated heterocycles. The number of carbonyl (C=O) groups excluding carboxylic acids is 3. The standard InChI is InChI=1S/C17H26N2O7/c1-16(2,3)26-15(24)18-7-5-17(6-8-18,14(22)23)19-10-11(9-12(19)20)13(21)25-4/h11H,5-10H2,1-4H3,(H,22,23). The Hall–Kier alpha value is -2.32. The predicted molar refractivity (Wildman–Crippen MR) is 89.2 cm³/mol. The number of piperidine rings is 1. The number of carboxylic acid groups (broad SMARTS) is 1. The van der Waals surface area contributed by atoms with Crippen LogP contribution in [0.15, 0.2) is 0 Å². The minimum atomic E-state index is -1.42. The zero-order valence-corrected chi connectivity index (χ0v) is 15.6. The molecule has 2 aliphatic heterocycles. The van der Waals surface area contributed by atoms with Crippen molar-refractivity contribution in [3.8, 4) is 0 Å². The fraction of sp³-hybridized carbons (Fsp3) is 0.765. The third-order valence-electron chi connectivity index (χ3n) is 4.82. The zero-order valence-electron chi connectivity index (χ0n) is 15.6. The van der Waals surface area contributed by atoms with E-state index in [4.69, 9.17) is 4.74 Å². The van der Waals surface area contributed by atoms with E-state index in [0.29, 0.717) is 0 Å². The van der Waals surface area contributed by atoms with Crippen molar-refractivity contribution in [2.75, 3.05) is 26.7 Å². The van der Waals surface area contributed by atoms with Crippen molar-refractivity contribution >= 4 is 23.9 Å². The predicted octanol–water partition coefficient (Wildman–Crippen LogP) is 0.862. The summed E-state index contributed by atoms with van der Waals surface area (Å²) in [5.74, 6) is -2.69. The number of aliphatic carboxylic acids is 1. The molecule has 2 aliphatic rings. The number of nitrogens with zero attached hydrogens (tertiary/aromatic N) is 2. The van der Waals surface area contributed by atoms with Crippen LogP contribution in [0.4, 0.5) is 4.79 Å². The van der Waals surface area contributed by atoms with Crippen LogP contribution in [-0.4, -0.2) is 76.7 Å². The van der Waals surface area contributed by atoms with Gasteiger partial charge in [0.15, 0.2) is 0 Å². The second-order valence-corrected chi connectivity index (χ2v) is 7.73. The molecule has 1 atom stereocenters. The second kappa shape index (κ2) is 7.13. The third-order valence-corrected chi connectivity index (χ3v) is 4.82. The highest BCUT2D eigenvalue weighted by atomic mass is 16.6. The minimum Gasteiger partial charge on any atom is -0.479 e. The summed E-state index contributed by atoms with van der Waals surface area (Å²) in [7, 11) is 1.24. The van der Waals surface area contributed by atoms with E-state index in [9.17, 15) is 24.3 Å². The SMILES string of the molecule is COC(=O)C1CC(=O)N(C2(C(=O)O)CCN(C(=O)OC(C)(C)C)CC2)C1.